The van der Waals surface area contributed by atoms with E-state index in [1.165, 1.54) is 0 Å². The van der Waals surface area contributed by atoms with Gasteiger partial charge in [-0.25, -0.2) is 0 Å². The molecule has 2 rings (SSSR count). The Balaban J connectivity index is 2.07. The number of hydrogen-bond donors (Lipinski definition) is 1. The number of carbonyl (C=O) groups excluding carboxylic acids is 2. The average Bonchev–Trinajstić information content (AvgIpc) is 2.73. The maximum atomic E-state index is 13.1. The summed E-state index contributed by atoms with van der Waals surface area (Å²) in [7, 11) is 0. The Morgan fingerprint density at radius 2 is 1.62 bits per heavy atom. The van der Waals surface area contributed by atoms with E-state index in [0.717, 1.165) is 10.5 Å². The summed E-state index contributed by atoms with van der Waals surface area (Å²) in [5, 5.41) is 3.00. The van der Waals surface area contributed by atoms with Crippen LogP contribution in [0.15, 0.2) is 65.6 Å². The molecule has 0 aliphatic heterocycles. The minimum absolute atomic E-state index is 0.0174. The van der Waals surface area contributed by atoms with Crippen LogP contribution in [0.4, 0.5) is 0 Å². The standard InChI is InChI=1S/C24H32N2O2S/c1-4-22(24(28)25-17-19(2)3)26(18-20-11-7-5-8-12-20)23(27)15-16-29-21-13-9-6-10-14-21/h5-14,19,22H,4,15-18H2,1-3H3,(H,25,28)/t22-/m1/s1. The van der Waals surface area contributed by atoms with Gasteiger partial charge in [-0.2, -0.15) is 0 Å². The maximum Gasteiger partial charge on any atom is 0.242 e. The van der Waals surface area contributed by atoms with Gasteiger partial charge in [0, 0.05) is 30.2 Å². The second-order valence-electron chi connectivity index (χ2n) is 7.48. The van der Waals surface area contributed by atoms with E-state index in [9.17, 15) is 9.59 Å². The van der Waals surface area contributed by atoms with E-state index in [-0.39, 0.29) is 11.8 Å². The van der Waals surface area contributed by atoms with Crippen LogP contribution in [0.1, 0.15) is 39.2 Å². The summed E-state index contributed by atoms with van der Waals surface area (Å²) in [4.78, 5) is 28.8. The van der Waals surface area contributed by atoms with E-state index in [0.29, 0.717) is 37.6 Å². The molecule has 0 bridgehead atoms. The summed E-state index contributed by atoms with van der Waals surface area (Å²) in [6, 6.07) is 19.5. The molecular weight excluding hydrogens is 380 g/mol. The first kappa shape index (κ1) is 23.0. The second kappa shape index (κ2) is 12.3. The molecule has 0 saturated heterocycles. The molecule has 0 saturated carbocycles. The Morgan fingerprint density at radius 3 is 2.21 bits per heavy atom. The largest absolute Gasteiger partial charge is 0.354 e. The Kier molecular flexibility index (Phi) is 9.78. The number of nitrogens with zero attached hydrogens (tertiary/aromatic N) is 1. The summed E-state index contributed by atoms with van der Waals surface area (Å²) in [5.41, 5.74) is 1.03. The highest BCUT2D eigenvalue weighted by Crippen LogP contribution is 2.20. The first-order valence-corrected chi connectivity index (χ1v) is 11.3. The van der Waals surface area contributed by atoms with Crippen molar-refractivity contribution in [3.63, 3.8) is 0 Å². The zero-order valence-electron chi connectivity index (χ0n) is 17.6. The molecule has 2 aromatic rings. The summed E-state index contributed by atoms with van der Waals surface area (Å²) in [6.07, 6.45) is 0.995. The van der Waals surface area contributed by atoms with Crippen molar-refractivity contribution in [1.29, 1.82) is 0 Å². The van der Waals surface area contributed by atoms with E-state index in [2.05, 4.69) is 19.2 Å². The molecule has 0 aliphatic carbocycles. The normalized spacial score (nSPS) is 11.9. The van der Waals surface area contributed by atoms with Gasteiger partial charge in [-0.15, -0.1) is 11.8 Å². The van der Waals surface area contributed by atoms with Gasteiger partial charge in [0.15, 0.2) is 0 Å². The lowest BCUT2D eigenvalue weighted by molar-refractivity contribution is -0.141. The van der Waals surface area contributed by atoms with Crippen LogP contribution in [0.2, 0.25) is 0 Å². The average molecular weight is 413 g/mol. The van der Waals surface area contributed by atoms with Crippen molar-refractivity contribution < 1.29 is 9.59 Å². The molecular formula is C24H32N2O2S. The molecule has 0 unspecified atom stereocenters. The minimum atomic E-state index is -0.455. The molecule has 1 atom stereocenters. The van der Waals surface area contributed by atoms with Gasteiger partial charge in [0.25, 0.3) is 0 Å². The van der Waals surface area contributed by atoms with Crippen molar-refractivity contribution >= 4 is 23.6 Å². The Bertz CT molecular complexity index is 750. The second-order valence-corrected chi connectivity index (χ2v) is 8.65. The number of thioether (sulfide) groups is 1. The minimum Gasteiger partial charge on any atom is -0.354 e. The van der Waals surface area contributed by atoms with Gasteiger partial charge in [0.05, 0.1) is 0 Å². The summed E-state index contributed by atoms with van der Waals surface area (Å²) >= 11 is 1.67. The quantitative estimate of drug-likeness (QED) is 0.542. The first-order chi connectivity index (χ1) is 14.0. The fourth-order valence-electron chi connectivity index (χ4n) is 3.04. The van der Waals surface area contributed by atoms with E-state index in [1.54, 1.807) is 16.7 Å². The molecule has 0 heterocycles. The van der Waals surface area contributed by atoms with E-state index < -0.39 is 6.04 Å². The monoisotopic (exact) mass is 412 g/mol. The third kappa shape index (κ3) is 7.94. The Labute approximate surface area is 179 Å². The lowest BCUT2D eigenvalue weighted by atomic mass is 10.1. The van der Waals surface area contributed by atoms with Crippen LogP contribution in [0.25, 0.3) is 0 Å². The van der Waals surface area contributed by atoms with Gasteiger partial charge >= 0.3 is 0 Å². The fourth-order valence-corrected chi connectivity index (χ4v) is 3.90. The fraction of sp³-hybridized carbons (Fsp3) is 0.417. The number of benzene rings is 2. The highest BCUT2D eigenvalue weighted by molar-refractivity contribution is 7.99. The molecule has 5 heteroatoms. The maximum absolute atomic E-state index is 13.1. The van der Waals surface area contributed by atoms with Gasteiger partial charge < -0.3 is 10.2 Å². The third-order valence-corrected chi connectivity index (χ3v) is 5.61. The lowest BCUT2D eigenvalue weighted by Gasteiger charge is -2.31. The van der Waals surface area contributed by atoms with Crippen LogP contribution in [0.5, 0.6) is 0 Å². The molecule has 4 nitrogen and oxygen atoms in total. The van der Waals surface area contributed by atoms with Crippen molar-refractivity contribution in [2.75, 3.05) is 12.3 Å². The number of amides is 2. The van der Waals surface area contributed by atoms with Gasteiger partial charge in [0.2, 0.25) is 11.8 Å². The molecule has 156 valence electrons. The van der Waals surface area contributed by atoms with Gasteiger partial charge in [-0.1, -0.05) is 69.3 Å². The summed E-state index contributed by atoms with van der Waals surface area (Å²) < 4.78 is 0. The van der Waals surface area contributed by atoms with Gasteiger partial charge in [-0.05, 0) is 30.0 Å². The van der Waals surface area contributed by atoms with Gasteiger partial charge in [-0.3, -0.25) is 9.59 Å². The Morgan fingerprint density at radius 1 is 1.00 bits per heavy atom. The Hall–Kier alpha value is -2.27. The van der Waals surface area contributed by atoms with Crippen molar-refractivity contribution in [2.45, 2.75) is 51.1 Å². The van der Waals surface area contributed by atoms with Crippen LogP contribution in [-0.4, -0.2) is 35.1 Å². The molecule has 2 amide bonds. The number of rotatable bonds is 11. The van der Waals surface area contributed by atoms with E-state index in [4.69, 9.17) is 0 Å². The molecule has 0 aromatic heterocycles. The molecule has 0 fully saturated rings. The molecule has 0 spiro atoms. The van der Waals surface area contributed by atoms with Crippen molar-refractivity contribution in [3.8, 4) is 0 Å². The highest BCUT2D eigenvalue weighted by atomic mass is 32.2. The number of carbonyl (C=O) groups is 2. The van der Waals surface area contributed by atoms with Gasteiger partial charge in [0.1, 0.15) is 6.04 Å². The lowest BCUT2D eigenvalue weighted by Crippen LogP contribution is -2.49. The predicted octanol–water partition coefficient (Wildman–Crippen LogP) is 4.75. The zero-order valence-corrected chi connectivity index (χ0v) is 18.5. The molecule has 2 aromatic carbocycles. The predicted molar refractivity (Wildman–Crippen MR) is 121 cm³/mol. The number of nitrogens with one attached hydrogen (secondary N) is 1. The molecule has 1 N–H and O–H groups in total. The first-order valence-electron chi connectivity index (χ1n) is 10.3. The number of hydrogen-bond acceptors (Lipinski definition) is 3. The topological polar surface area (TPSA) is 49.4 Å². The van der Waals surface area contributed by atoms with Crippen LogP contribution in [-0.2, 0) is 16.1 Å². The van der Waals surface area contributed by atoms with Crippen LogP contribution >= 0.6 is 11.8 Å². The smallest absolute Gasteiger partial charge is 0.242 e. The molecule has 29 heavy (non-hydrogen) atoms. The van der Waals surface area contributed by atoms with Crippen molar-refractivity contribution in [2.24, 2.45) is 5.92 Å². The van der Waals surface area contributed by atoms with Crippen molar-refractivity contribution in [3.05, 3.63) is 66.2 Å². The molecule has 0 aliphatic rings. The van der Waals surface area contributed by atoms with E-state index in [1.807, 2.05) is 67.6 Å². The highest BCUT2D eigenvalue weighted by Gasteiger charge is 2.28. The van der Waals surface area contributed by atoms with Crippen LogP contribution in [0.3, 0.4) is 0 Å². The third-order valence-electron chi connectivity index (χ3n) is 4.59. The van der Waals surface area contributed by atoms with Crippen molar-refractivity contribution in [1.82, 2.24) is 10.2 Å². The molecule has 0 radical (unpaired) electrons. The zero-order chi connectivity index (χ0) is 21.1. The SMILES string of the molecule is CC[C@H](C(=O)NCC(C)C)N(Cc1ccccc1)C(=O)CCSc1ccccc1. The summed E-state index contributed by atoms with van der Waals surface area (Å²) in [6.45, 7) is 7.16. The van der Waals surface area contributed by atoms with Crippen LogP contribution < -0.4 is 5.32 Å². The van der Waals surface area contributed by atoms with Crippen LogP contribution in [0, 0.1) is 5.92 Å². The van der Waals surface area contributed by atoms with E-state index >= 15 is 0 Å². The summed E-state index contributed by atoms with van der Waals surface area (Å²) in [5.74, 6) is 1.01.